The van der Waals surface area contributed by atoms with Gasteiger partial charge in [0.1, 0.15) is 6.04 Å². The smallest absolute Gasteiger partial charge is 0.357 e. The number of amides is 2. The minimum atomic E-state index is -4.96. The van der Waals surface area contributed by atoms with Gasteiger partial charge in [-0.15, -0.1) is 0 Å². The molecule has 2 N–H and O–H groups in total. The number of likely N-dealkylation sites (N-methyl/N-ethyl adjacent to an activating group) is 1. The Morgan fingerprint density at radius 2 is 1.72 bits per heavy atom. The van der Waals surface area contributed by atoms with Crippen LogP contribution >= 0.6 is 0 Å². The minimum Gasteiger partial charge on any atom is -0.357 e. The van der Waals surface area contributed by atoms with Gasteiger partial charge in [-0.2, -0.15) is 13.2 Å². The van der Waals surface area contributed by atoms with E-state index in [4.69, 9.17) is 0 Å². The Balaban J connectivity index is 2.72. The Kier molecular flexibility index (Phi) is 4.98. The summed E-state index contributed by atoms with van der Waals surface area (Å²) >= 11 is 0. The van der Waals surface area contributed by atoms with Gasteiger partial charge in [0, 0.05) is 7.05 Å². The van der Waals surface area contributed by atoms with Crippen molar-refractivity contribution in [3.8, 4) is 0 Å². The van der Waals surface area contributed by atoms with Crippen LogP contribution in [-0.2, 0) is 9.59 Å². The summed E-state index contributed by atoms with van der Waals surface area (Å²) in [6, 6.07) is -1.09. The predicted octanol–water partition coefficient (Wildman–Crippen LogP) is 1.36. The van der Waals surface area contributed by atoms with Gasteiger partial charge < -0.3 is 10.6 Å². The second-order valence-corrected chi connectivity index (χ2v) is 4.46. The van der Waals surface area contributed by atoms with E-state index in [2.05, 4.69) is 5.32 Å². The molecular weight excluding hydrogens is 249 g/mol. The Morgan fingerprint density at radius 1 is 1.17 bits per heavy atom. The molecule has 7 heteroatoms. The van der Waals surface area contributed by atoms with Crippen LogP contribution in [-0.4, -0.2) is 31.1 Å². The summed E-state index contributed by atoms with van der Waals surface area (Å²) in [5, 5.41) is 4.10. The molecule has 2 amide bonds. The second kappa shape index (κ2) is 6.06. The Morgan fingerprint density at radius 3 is 2.17 bits per heavy atom. The van der Waals surface area contributed by atoms with Gasteiger partial charge in [0.15, 0.2) is 0 Å². The summed E-state index contributed by atoms with van der Waals surface area (Å²) in [7, 11) is 1.35. The van der Waals surface area contributed by atoms with E-state index in [0.29, 0.717) is 12.8 Å². The average Bonchev–Trinajstić information content (AvgIpc) is 2.34. The third-order valence-corrected chi connectivity index (χ3v) is 3.19. The highest BCUT2D eigenvalue weighted by Crippen LogP contribution is 2.27. The number of carbonyl (C=O) groups is 2. The Bertz CT molecular complexity index is 312. The molecule has 1 aliphatic rings. The zero-order valence-electron chi connectivity index (χ0n) is 10.1. The number of carbonyl (C=O) groups excluding carboxylic acids is 2. The van der Waals surface area contributed by atoms with Crippen LogP contribution in [0.3, 0.4) is 0 Å². The molecule has 4 nitrogen and oxygen atoms in total. The molecule has 0 heterocycles. The second-order valence-electron chi connectivity index (χ2n) is 4.46. The van der Waals surface area contributed by atoms with E-state index in [1.54, 1.807) is 5.32 Å². The molecule has 1 atom stereocenters. The van der Waals surface area contributed by atoms with Crippen LogP contribution < -0.4 is 10.6 Å². The van der Waals surface area contributed by atoms with Gasteiger partial charge in [0.05, 0.1) is 0 Å². The lowest BCUT2D eigenvalue weighted by Crippen LogP contribution is -2.53. The molecule has 0 radical (unpaired) electrons. The first kappa shape index (κ1) is 14.8. The van der Waals surface area contributed by atoms with Gasteiger partial charge in [0.2, 0.25) is 5.91 Å². The zero-order chi connectivity index (χ0) is 13.8. The topological polar surface area (TPSA) is 58.2 Å². The maximum atomic E-state index is 12.2. The van der Waals surface area contributed by atoms with Crippen LogP contribution in [0, 0.1) is 5.92 Å². The maximum absolute atomic E-state index is 12.2. The van der Waals surface area contributed by atoms with Gasteiger partial charge >= 0.3 is 12.1 Å². The summed E-state index contributed by atoms with van der Waals surface area (Å²) < 4.78 is 36.6. The highest BCUT2D eigenvalue weighted by molar-refractivity contribution is 5.89. The molecule has 1 unspecified atom stereocenters. The molecule has 18 heavy (non-hydrogen) atoms. The van der Waals surface area contributed by atoms with Crippen molar-refractivity contribution in [3.63, 3.8) is 0 Å². The first-order chi connectivity index (χ1) is 8.36. The van der Waals surface area contributed by atoms with Gasteiger partial charge in [0.25, 0.3) is 0 Å². The third-order valence-electron chi connectivity index (χ3n) is 3.19. The van der Waals surface area contributed by atoms with Gasteiger partial charge in [-0.1, -0.05) is 19.3 Å². The van der Waals surface area contributed by atoms with Gasteiger partial charge in [-0.3, -0.25) is 9.59 Å². The molecule has 0 spiro atoms. The normalized spacial score (nSPS) is 19.1. The van der Waals surface area contributed by atoms with Crippen molar-refractivity contribution in [3.05, 3.63) is 0 Å². The van der Waals surface area contributed by atoms with E-state index >= 15 is 0 Å². The molecule has 1 rings (SSSR count). The van der Waals surface area contributed by atoms with Crippen molar-refractivity contribution in [1.29, 1.82) is 0 Å². The lowest BCUT2D eigenvalue weighted by molar-refractivity contribution is -0.175. The fourth-order valence-electron chi connectivity index (χ4n) is 2.24. The van der Waals surface area contributed by atoms with Crippen LogP contribution in [0.25, 0.3) is 0 Å². The molecule has 1 fully saturated rings. The molecule has 0 aliphatic heterocycles. The SMILES string of the molecule is CNC(=O)C(NC(=O)C(F)(F)F)C1CCCCC1. The molecular formula is C11H17F3N2O2. The fraction of sp³-hybridized carbons (Fsp3) is 0.818. The standard InChI is InChI=1S/C11H17F3N2O2/c1-15-9(17)8(7-5-3-2-4-6-7)16-10(18)11(12,13)14/h7-8H,2-6H2,1H3,(H,15,17)(H,16,18). The van der Waals surface area contributed by atoms with Crippen molar-refractivity contribution in [2.75, 3.05) is 7.05 Å². The number of rotatable bonds is 3. The van der Waals surface area contributed by atoms with Crippen LogP contribution in [0.2, 0.25) is 0 Å². The fourth-order valence-corrected chi connectivity index (χ4v) is 2.24. The highest BCUT2D eigenvalue weighted by Gasteiger charge is 2.42. The predicted molar refractivity (Wildman–Crippen MR) is 58.6 cm³/mol. The quantitative estimate of drug-likeness (QED) is 0.810. The van der Waals surface area contributed by atoms with Gasteiger partial charge in [-0.05, 0) is 18.8 Å². The summed E-state index contributed by atoms with van der Waals surface area (Å²) in [6.45, 7) is 0. The summed E-state index contributed by atoms with van der Waals surface area (Å²) in [6.07, 6.45) is -0.863. The molecule has 0 aromatic heterocycles. The van der Waals surface area contributed by atoms with Crippen LogP contribution in [0.5, 0.6) is 0 Å². The first-order valence-corrected chi connectivity index (χ1v) is 5.95. The van der Waals surface area contributed by atoms with Gasteiger partial charge in [-0.25, -0.2) is 0 Å². The van der Waals surface area contributed by atoms with E-state index in [-0.39, 0.29) is 5.92 Å². The largest absolute Gasteiger partial charge is 0.471 e. The number of nitrogens with one attached hydrogen (secondary N) is 2. The molecule has 0 saturated heterocycles. The van der Waals surface area contributed by atoms with E-state index in [9.17, 15) is 22.8 Å². The number of hydrogen-bond donors (Lipinski definition) is 2. The molecule has 0 aromatic carbocycles. The molecule has 0 bridgehead atoms. The average molecular weight is 266 g/mol. The monoisotopic (exact) mass is 266 g/mol. The zero-order valence-corrected chi connectivity index (χ0v) is 10.1. The van der Waals surface area contributed by atoms with Crippen molar-refractivity contribution in [2.45, 2.75) is 44.3 Å². The van der Waals surface area contributed by atoms with E-state index in [1.807, 2.05) is 0 Å². The molecule has 104 valence electrons. The first-order valence-electron chi connectivity index (χ1n) is 5.95. The lowest BCUT2D eigenvalue weighted by atomic mass is 9.83. The van der Waals surface area contributed by atoms with Crippen LogP contribution in [0.15, 0.2) is 0 Å². The summed E-state index contributed by atoms with van der Waals surface area (Å²) in [5.41, 5.74) is 0. The van der Waals surface area contributed by atoms with Crippen molar-refractivity contribution >= 4 is 11.8 Å². The molecule has 0 aromatic rings. The van der Waals surface area contributed by atoms with Crippen molar-refractivity contribution in [2.24, 2.45) is 5.92 Å². The maximum Gasteiger partial charge on any atom is 0.471 e. The third kappa shape index (κ3) is 3.89. The summed E-state index contributed by atoms with van der Waals surface area (Å²) in [5.74, 6) is -2.84. The van der Waals surface area contributed by atoms with E-state index < -0.39 is 24.0 Å². The number of alkyl halides is 3. The van der Waals surface area contributed by atoms with Crippen molar-refractivity contribution < 1.29 is 22.8 Å². The molecule has 1 saturated carbocycles. The van der Waals surface area contributed by atoms with Crippen LogP contribution in [0.4, 0.5) is 13.2 Å². The van der Waals surface area contributed by atoms with Crippen LogP contribution in [0.1, 0.15) is 32.1 Å². The Hall–Kier alpha value is -1.27. The molecule has 1 aliphatic carbocycles. The van der Waals surface area contributed by atoms with Crippen molar-refractivity contribution in [1.82, 2.24) is 10.6 Å². The Labute approximate surface area is 103 Å². The number of hydrogen-bond acceptors (Lipinski definition) is 2. The van der Waals surface area contributed by atoms with E-state index in [1.165, 1.54) is 7.05 Å². The highest BCUT2D eigenvalue weighted by atomic mass is 19.4. The lowest BCUT2D eigenvalue weighted by Gasteiger charge is -2.29. The minimum absolute atomic E-state index is 0.218. The number of halogens is 3. The summed E-state index contributed by atoms with van der Waals surface area (Å²) in [4.78, 5) is 22.5. The van der Waals surface area contributed by atoms with E-state index in [0.717, 1.165) is 19.3 Å².